The minimum Gasteiger partial charge on any atom is -0.478 e. The third kappa shape index (κ3) is 5.26. The maximum absolute atomic E-state index is 14.9. The Bertz CT molecular complexity index is 1610. The second-order valence-corrected chi connectivity index (χ2v) is 11.1. The molecule has 0 bridgehead atoms. The highest BCUT2D eigenvalue weighted by Crippen LogP contribution is 2.55. The summed E-state index contributed by atoms with van der Waals surface area (Å²) in [5, 5.41) is 22.6. The molecule has 3 heterocycles. The smallest absolute Gasteiger partial charge is 0.339 e. The Labute approximate surface area is 237 Å². The molecule has 2 aromatic heterocycles. The van der Waals surface area contributed by atoms with Crippen LogP contribution in [0.2, 0.25) is 0 Å². The van der Waals surface area contributed by atoms with Crippen LogP contribution in [0.3, 0.4) is 0 Å². The number of hydrogen-bond donors (Lipinski definition) is 1. The van der Waals surface area contributed by atoms with Gasteiger partial charge in [0.25, 0.3) is 5.91 Å². The zero-order chi connectivity index (χ0) is 28.7. The van der Waals surface area contributed by atoms with Gasteiger partial charge in [-0.3, -0.25) is 9.48 Å². The standard InChI is InChI=1S/C31H33FN6O3/c1-3-7-23-9-4-5-11-37(23)30(39)21-12-20(13-22(32)14-21)19-8-6-10-24(15-19)38-29(27(17-33-38)31(40)41)26-16-25(26)28-18-36(2)35-34-28/h6,8,10,12-15,17-18,23,25-26H,3-5,7,9,11,16H2,1-2H3,(H,40,41)/t23-,25?,26?/m1/s1. The summed E-state index contributed by atoms with van der Waals surface area (Å²) in [5.74, 6) is -1.66. The number of piperidine rings is 1. The van der Waals surface area contributed by atoms with Gasteiger partial charge in [0.05, 0.1) is 23.3 Å². The number of carbonyl (C=O) groups excluding carboxylic acids is 1. The molecule has 1 saturated heterocycles. The van der Waals surface area contributed by atoms with Gasteiger partial charge < -0.3 is 10.0 Å². The predicted octanol–water partition coefficient (Wildman–Crippen LogP) is 5.57. The summed E-state index contributed by atoms with van der Waals surface area (Å²) >= 11 is 0. The number of amides is 1. The molecule has 1 N–H and O–H groups in total. The summed E-state index contributed by atoms with van der Waals surface area (Å²) in [4.78, 5) is 27.5. The molecule has 212 valence electrons. The van der Waals surface area contributed by atoms with Crippen LogP contribution >= 0.6 is 0 Å². The summed E-state index contributed by atoms with van der Waals surface area (Å²) < 4.78 is 18.2. The van der Waals surface area contributed by atoms with Crippen LogP contribution in [0, 0.1) is 5.82 Å². The predicted molar refractivity (Wildman–Crippen MR) is 151 cm³/mol. The van der Waals surface area contributed by atoms with E-state index in [4.69, 9.17) is 0 Å². The van der Waals surface area contributed by atoms with E-state index in [0.717, 1.165) is 44.2 Å². The quantitative estimate of drug-likeness (QED) is 0.304. The highest BCUT2D eigenvalue weighted by Gasteiger charge is 2.46. The number of benzene rings is 2. The molecule has 9 nitrogen and oxygen atoms in total. The van der Waals surface area contributed by atoms with Gasteiger partial charge in [-0.15, -0.1) is 5.10 Å². The Morgan fingerprint density at radius 3 is 2.71 bits per heavy atom. The fraction of sp³-hybridized carbons (Fsp3) is 0.387. The first-order chi connectivity index (χ1) is 19.8. The lowest BCUT2D eigenvalue weighted by Crippen LogP contribution is -2.43. The lowest BCUT2D eigenvalue weighted by atomic mass is 9.96. The molecular formula is C31H33FN6O3. The Morgan fingerprint density at radius 1 is 1.10 bits per heavy atom. The van der Waals surface area contributed by atoms with Gasteiger partial charge in [0.1, 0.15) is 11.4 Å². The van der Waals surface area contributed by atoms with Crippen LogP contribution < -0.4 is 0 Å². The fourth-order valence-corrected chi connectivity index (χ4v) is 6.21. The lowest BCUT2D eigenvalue weighted by molar-refractivity contribution is 0.0599. The number of nitrogens with zero attached hydrogens (tertiary/aromatic N) is 6. The van der Waals surface area contributed by atoms with Gasteiger partial charge in [-0.2, -0.15) is 5.10 Å². The largest absolute Gasteiger partial charge is 0.478 e. The first kappa shape index (κ1) is 26.9. The molecule has 1 amide bonds. The lowest BCUT2D eigenvalue weighted by Gasteiger charge is -2.36. The second kappa shape index (κ2) is 10.9. The van der Waals surface area contributed by atoms with Crippen molar-refractivity contribution in [2.24, 2.45) is 7.05 Å². The molecule has 1 aliphatic carbocycles. The second-order valence-electron chi connectivity index (χ2n) is 11.1. The van der Waals surface area contributed by atoms with E-state index in [1.54, 1.807) is 22.5 Å². The number of carboxylic acid groups (broad SMARTS) is 1. The van der Waals surface area contributed by atoms with Crippen LogP contribution in [-0.4, -0.2) is 59.2 Å². The molecule has 1 aliphatic heterocycles. The zero-order valence-electron chi connectivity index (χ0n) is 23.2. The summed E-state index contributed by atoms with van der Waals surface area (Å²) in [6, 6.07) is 12.1. The minimum absolute atomic E-state index is 0.0588. The van der Waals surface area contributed by atoms with Crippen LogP contribution in [0.25, 0.3) is 16.8 Å². The maximum atomic E-state index is 14.9. The number of rotatable bonds is 8. The van der Waals surface area contributed by atoms with Crippen molar-refractivity contribution < 1.29 is 19.1 Å². The topological polar surface area (TPSA) is 106 Å². The Hall–Kier alpha value is -4.34. The van der Waals surface area contributed by atoms with Gasteiger partial charge in [-0.25, -0.2) is 13.9 Å². The number of carboxylic acids is 1. The summed E-state index contributed by atoms with van der Waals surface area (Å²) in [6.07, 6.45) is 8.95. The molecule has 2 aliphatic rings. The Morgan fingerprint density at radius 2 is 1.95 bits per heavy atom. The molecule has 1 saturated carbocycles. The number of likely N-dealkylation sites (tertiary alicyclic amines) is 1. The summed E-state index contributed by atoms with van der Waals surface area (Å²) in [7, 11) is 1.80. The molecule has 3 atom stereocenters. The van der Waals surface area contributed by atoms with Crippen molar-refractivity contribution in [3.05, 3.63) is 83.2 Å². The van der Waals surface area contributed by atoms with Crippen LogP contribution in [0.4, 0.5) is 4.39 Å². The summed E-state index contributed by atoms with van der Waals surface area (Å²) in [6.45, 7) is 2.81. The average molecular weight is 557 g/mol. The normalized spacial score (nSPS) is 20.3. The molecule has 2 fully saturated rings. The van der Waals surface area contributed by atoms with Gasteiger partial charge in [-0.1, -0.05) is 30.7 Å². The number of aromatic carboxylic acids is 1. The minimum atomic E-state index is -1.04. The number of aromatic nitrogens is 5. The third-order valence-electron chi connectivity index (χ3n) is 8.26. The molecule has 41 heavy (non-hydrogen) atoms. The third-order valence-corrected chi connectivity index (χ3v) is 8.26. The van der Waals surface area contributed by atoms with Crippen LogP contribution in [0.1, 0.15) is 89.4 Å². The van der Waals surface area contributed by atoms with Gasteiger partial charge in [0.15, 0.2) is 0 Å². The molecule has 10 heteroatoms. The van der Waals surface area contributed by atoms with E-state index in [1.165, 1.54) is 18.3 Å². The monoisotopic (exact) mass is 556 g/mol. The molecule has 0 radical (unpaired) electrons. The van der Waals surface area contributed by atoms with E-state index in [9.17, 15) is 19.1 Å². The fourth-order valence-electron chi connectivity index (χ4n) is 6.21. The molecule has 2 unspecified atom stereocenters. The van der Waals surface area contributed by atoms with E-state index in [1.807, 2.05) is 35.4 Å². The van der Waals surface area contributed by atoms with Gasteiger partial charge in [0.2, 0.25) is 0 Å². The van der Waals surface area contributed by atoms with E-state index < -0.39 is 11.8 Å². The average Bonchev–Trinajstić information content (AvgIpc) is 3.41. The zero-order valence-corrected chi connectivity index (χ0v) is 23.2. The molecule has 2 aromatic carbocycles. The molecule has 4 aromatic rings. The van der Waals surface area contributed by atoms with Gasteiger partial charge in [-0.05, 0) is 73.6 Å². The highest BCUT2D eigenvalue weighted by atomic mass is 19.1. The Kier molecular flexibility index (Phi) is 7.15. The van der Waals surface area contributed by atoms with Crippen molar-refractivity contribution in [1.29, 1.82) is 0 Å². The van der Waals surface area contributed by atoms with Crippen molar-refractivity contribution in [2.45, 2.75) is 63.3 Å². The first-order valence-electron chi connectivity index (χ1n) is 14.2. The van der Waals surface area contributed by atoms with Crippen LogP contribution in [-0.2, 0) is 7.05 Å². The first-order valence-corrected chi connectivity index (χ1v) is 14.2. The number of hydrogen-bond acceptors (Lipinski definition) is 5. The van der Waals surface area contributed by atoms with Crippen molar-refractivity contribution in [2.75, 3.05) is 6.54 Å². The van der Waals surface area contributed by atoms with Crippen molar-refractivity contribution in [1.82, 2.24) is 29.7 Å². The Balaban J connectivity index is 1.33. The van der Waals surface area contributed by atoms with E-state index in [0.29, 0.717) is 34.6 Å². The van der Waals surface area contributed by atoms with Crippen molar-refractivity contribution in [3.63, 3.8) is 0 Å². The van der Waals surface area contributed by atoms with Crippen molar-refractivity contribution >= 4 is 11.9 Å². The maximum Gasteiger partial charge on any atom is 0.339 e. The number of aryl methyl sites for hydroxylation is 1. The highest BCUT2D eigenvalue weighted by molar-refractivity contribution is 5.96. The van der Waals surface area contributed by atoms with E-state index in [2.05, 4.69) is 22.3 Å². The van der Waals surface area contributed by atoms with Gasteiger partial charge in [0, 0.05) is 43.2 Å². The van der Waals surface area contributed by atoms with E-state index in [-0.39, 0.29) is 29.3 Å². The molecule has 6 rings (SSSR count). The SMILES string of the molecule is CCC[C@@H]1CCCCN1C(=O)c1cc(F)cc(-c2cccc(-n3ncc(C(=O)O)c3C3CC3c3cn(C)nn3)c2)c1. The van der Waals surface area contributed by atoms with Crippen molar-refractivity contribution in [3.8, 4) is 16.8 Å². The molecule has 0 spiro atoms. The van der Waals surface area contributed by atoms with Crippen LogP contribution in [0.15, 0.2) is 54.9 Å². The molecular weight excluding hydrogens is 523 g/mol. The van der Waals surface area contributed by atoms with Crippen LogP contribution in [0.5, 0.6) is 0 Å². The van der Waals surface area contributed by atoms with E-state index >= 15 is 0 Å². The number of halogens is 1. The summed E-state index contributed by atoms with van der Waals surface area (Å²) in [5.41, 5.74) is 3.86. The van der Waals surface area contributed by atoms with Gasteiger partial charge >= 0.3 is 5.97 Å². The number of carbonyl (C=O) groups is 2.